The molecule has 0 radical (unpaired) electrons. The second-order valence-electron chi connectivity index (χ2n) is 28.2. The van der Waals surface area contributed by atoms with Crippen LogP contribution >= 0.6 is 0 Å². The van der Waals surface area contributed by atoms with E-state index in [4.69, 9.17) is 10.5 Å². The summed E-state index contributed by atoms with van der Waals surface area (Å²) >= 11 is 0. The number of nitrogens with two attached hydrogens (primary N) is 1. The molecule has 8 atom stereocenters. The highest BCUT2D eigenvalue weighted by molar-refractivity contribution is 4.98. The highest BCUT2D eigenvalue weighted by Crippen LogP contribution is 2.37. The van der Waals surface area contributed by atoms with Crippen molar-refractivity contribution >= 4 is 0 Å². The molecule has 0 saturated carbocycles. The van der Waals surface area contributed by atoms with E-state index in [1.807, 2.05) is 61.1 Å². The van der Waals surface area contributed by atoms with Crippen molar-refractivity contribution in [3.05, 3.63) is 75.6 Å². The van der Waals surface area contributed by atoms with E-state index in [9.17, 15) is 64.5 Å². The van der Waals surface area contributed by atoms with Crippen LogP contribution in [-0.4, -0.2) is 302 Å². The highest BCUT2D eigenvalue weighted by atomic mass is 16.5. The molecule has 8 unspecified atom stereocenters. The van der Waals surface area contributed by atoms with Gasteiger partial charge in [0, 0.05) is 143 Å². The summed E-state index contributed by atoms with van der Waals surface area (Å²) in [4.78, 5) is 99.3. The van der Waals surface area contributed by atoms with E-state index in [1.54, 1.807) is 6.08 Å². The summed E-state index contributed by atoms with van der Waals surface area (Å²) in [5.41, 5.74) is -1.14. The Hall–Kier alpha value is -4.12. The molecule has 0 bridgehead atoms. The van der Waals surface area contributed by atoms with Crippen molar-refractivity contribution in [3.63, 3.8) is 0 Å². The SMILES string of the molecule is C=CCOCC(O)CN1CCN(CC(O)Cn2c(=O)n(CC(O)CN3CCN(C(C)(C)C)CC3)c(=O)n(CC(O)CC(C)(C)C(C)(N)N3CCN(CC(O)Cn4c(=O)n(CC(O)CN5CCNCC5)c(=O)n(CC(O)CC(C)(C)C)c4=O)CC3)c2=O)CC1. The smallest absolute Gasteiger partial charge is 0.336 e. The van der Waals surface area contributed by atoms with Crippen LogP contribution in [0.1, 0.15) is 75.2 Å². The van der Waals surface area contributed by atoms with E-state index in [-0.39, 0.29) is 56.6 Å². The van der Waals surface area contributed by atoms with Crippen LogP contribution < -0.4 is 45.2 Å². The average Bonchev–Trinajstić information content (AvgIpc) is 2.18. The summed E-state index contributed by atoms with van der Waals surface area (Å²) in [5, 5.41) is 82.1. The molecule has 0 amide bonds. The number of ether oxygens (including phenoxy) is 1. The third kappa shape index (κ3) is 20.4. The van der Waals surface area contributed by atoms with Gasteiger partial charge in [0.15, 0.2) is 0 Å². The van der Waals surface area contributed by atoms with Gasteiger partial charge in [0.25, 0.3) is 0 Å². The molecule has 10 N–H and O–H groups in total. The van der Waals surface area contributed by atoms with E-state index in [2.05, 4.69) is 47.4 Å². The number of piperazine rings is 4. The maximum atomic E-state index is 14.4. The van der Waals surface area contributed by atoms with Gasteiger partial charge in [-0.3, -0.25) is 34.3 Å². The summed E-state index contributed by atoms with van der Waals surface area (Å²) in [6.07, 6.45) is -6.10. The molecular formula is C59H109N15O14. The maximum absolute atomic E-state index is 14.4. The van der Waals surface area contributed by atoms with Gasteiger partial charge in [0.05, 0.1) is 101 Å². The third-order valence-electron chi connectivity index (χ3n) is 18.0. The number of aliphatic hydroxyl groups excluding tert-OH is 7. The van der Waals surface area contributed by atoms with E-state index < -0.39 is 127 Å². The summed E-state index contributed by atoms with van der Waals surface area (Å²) in [5.74, 6) is 0. The average molecular weight is 1250 g/mol. The maximum Gasteiger partial charge on any atom is 0.336 e. The fourth-order valence-electron chi connectivity index (χ4n) is 12.7. The predicted octanol–water partition coefficient (Wildman–Crippen LogP) is -5.83. The van der Waals surface area contributed by atoms with Crippen LogP contribution in [0.2, 0.25) is 0 Å². The van der Waals surface area contributed by atoms with Crippen molar-refractivity contribution in [2.24, 2.45) is 16.6 Å². The zero-order valence-corrected chi connectivity index (χ0v) is 54.1. The molecule has 29 nitrogen and oxygen atoms in total. The van der Waals surface area contributed by atoms with Gasteiger partial charge in [-0.15, -0.1) is 6.58 Å². The van der Waals surface area contributed by atoms with Gasteiger partial charge < -0.3 is 51.5 Å². The van der Waals surface area contributed by atoms with Crippen molar-refractivity contribution in [2.75, 3.05) is 151 Å². The molecule has 0 spiro atoms. The van der Waals surface area contributed by atoms with Gasteiger partial charge in [-0.1, -0.05) is 40.7 Å². The van der Waals surface area contributed by atoms with Crippen LogP contribution in [0.25, 0.3) is 0 Å². The van der Waals surface area contributed by atoms with Gasteiger partial charge in [-0.25, -0.2) is 56.2 Å². The molecule has 88 heavy (non-hydrogen) atoms. The number of β-amino-alcohol motifs (C(OH)–C–C–N with tert-alkyl or cyclic N) is 5. The van der Waals surface area contributed by atoms with Crippen molar-refractivity contribution in [1.29, 1.82) is 0 Å². The van der Waals surface area contributed by atoms with E-state index >= 15 is 0 Å². The molecule has 2 aromatic heterocycles. The predicted molar refractivity (Wildman–Crippen MR) is 335 cm³/mol. The normalized spacial score (nSPS) is 21.4. The molecule has 6 heterocycles. The number of nitrogens with one attached hydrogen (secondary N) is 1. The molecule has 4 aliphatic heterocycles. The lowest BCUT2D eigenvalue weighted by molar-refractivity contribution is -0.0562. The lowest BCUT2D eigenvalue weighted by atomic mass is 9.74. The Morgan fingerprint density at radius 2 is 0.705 bits per heavy atom. The topological polar surface area (TPSA) is 344 Å². The number of aromatic nitrogens is 6. The van der Waals surface area contributed by atoms with Crippen LogP contribution in [0.3, 0.4) is 0 Å². The first-order chi connectivity index (χ1) is 41.2. The van der Waals surface area contributed by atoms with Crippen LogP contribution in [0.5, 0.6) is 0 Å². The molecule has 4 aliphatic rings. The minimum absolute atomic E-state index is 0.0188. The number of nitrogens with zero attached hydrogens (tertiary/aromatic N) is 13. The quantitative estimate of drug-likeness (QED) is 0.0251. The van der Waals surface area contributed by atoms with Gasteiger partial charge in [0.1, 0.15) is 0 Å². The number of hydrogen-bond donors (Lipinski definition) is 9. The first kappa shape index (κ1) is 72.9. The summed E-state index contributed by atoms with van der Waals surface area (Å²) in [6, 6.07) is 0. The zero-order chi connectivity index (χ0) is 65.1. The molecule has 29 heteroatoms. The van der Waals surface area contributed by atoms with Gasteiger partial charge >= 0.3 is 34.1 Å². The monoisotopic (exact) mass is 1250 g/mol. The lowest BCUT2D eigenvalue weighted by Crippen LogP contribution is -2.67. The highest BCUT2D eigenvalue weighted by Gasteiger charge is 2.45. The Morgan fingerprint density at radius 3 is 1.02 bits per heavy atom. The second kappa shape index (κ2) is 31.9. The summed E-state index contributed by atoms with van der Waals surface area (Å²) in [7, 11) is 0. The van der Waals surface area contributed by atoms with Crippen LogP contribution in [-0.2, 0) is 44.0 Å². The Bertz CT molecular complexity index is 2900. The van der Waals surface area contributed by atoms with E-state index in [0.29, 0.717) is 91.7 Å². The van der Waals surface area contributed by atoms with Gasteiger partial charge in [0.2, 0.25) is 0 Å². The first-order valence-corrected chi connectivity index (χ1v) is 31.6. The van der Waals surface area contributed by atoms with E-state index in [0.717, 1.165) is 53.6 Å². The summed E-state index contributed by atoms with van der Waals surface area (Å²) in [6.45, 7) is 29.5. The largest absolute Gasteiger partial charge is 0.391 e. The molecule has 0 aromatic carbocycles. The fraction of sp³-hybridized carbons (Fsp3) is 0.864. The Balaban J connectivity index is 1.12. The molecule has 4 saturated heterocycles. The Kier molecular flexibility index (Phi) is 26.5. The molecule has 504 valence electrons. The zero-order valence-electron chi connectivity index (χ0n) is 54.1. The minimum atomic E-state index is -1.35. The number of aliphatic hydroxyl groups is 7. The van der Waals surface area contributed by atoms with Crippen LogP contribution in [0.4, 0.5) is 0 Å². The fourth-order valence-corrected chi connectivity index (χ4v) is 12.7. The van der Waals surface area contributed by atoms with Gasteiger partial charge in [-0.2, -0.15) is 0 Å². The minimum Gasteiger partial charge on any atom is -0.391 e. The first-order valence-electron chi connectivity index (χ1n) is 31.6. The Labute approximate surface area is 517 Å². The molecular weight excluding hydrogens is 1140 g/mol. The van der Waals surface area contributed by atoms with E-state index in [1.165, 1.54) is 0 Å². The second-order valence-corrected chi connectivity index (χ2v) is 28.2. The molecule has 2 aromatic rings. The van der Waals surface area contributed by atoms with Crippen LogP contribution in [0.15, 0.2) is 41.4 Å². The van der Waals surface area contributed by atoms with Crippen molar-refractivity contribution in [2.45, 2.75) is 168 Å². The summed E-state index contributed by atoms with van der Waals surface area (Å²) < 4.78 is 10.2. The Morgan fingerprint density at radius 1 is 0.420 bits per heavy atom. The van der Waals surface area contributed by atoms with Crippen LogP contribution in [0, 0.1) is 10.8 Å². The number of hydrogen-bond acceptors (Lipinski definition) is 23. The van der Waals surface area contributed by atoms with Gasteiger partial charge in [-0.05, 0) is 51.4 Å². The molecule has 4 fully saturated rings. The van der Waals surface area contributed by atoms with Crippen molar-refractivity contribution in [3.8, 4) is 0 Å². The third-order valence-corrected chi connectivity index (χ3v) is 18.0. The van der Waals surface area contributed by atoms with Crippen molar-refractivity contribution in [1.82, 2.24) is 67.0 Å². The standard InChI is InChI=1S/C59H109N15O14/c1-11-28-88-42-49(81)35-64-18-16-63(17-19-64)32-46(78)39-73-52(84)70(53(85)74(55(73)87)40-47(79)33-65-20-24-67(25-21-65)57(5,6)7)37-44(76)30-58(8,9)59(10,60)68-26-22-66(23-27-68)34-48(80)41-72-51(83)69(36-43(75)29-56(2,3)4)50(82)71(54(72)86)38-45(77)31-62-14-12-61-13-15-62/h11,43-49,61,75-81H,1,12-42,60H2,2-10H3. The van der Waals surface area contributed by atoms with Crippen molar-refractivity contribution < 1.29 is 40.5 Å². The lowest BCUT2D eigenvalue weighted by Gasteiger charge is -2.52. The molecule has 0 aliphatic carbocycles. The number of rotatable bonds is 31. The molecule has 6 rings (SSSR count).